The van der Waals surface area contributed by atoms with Gasteiger partial charge in [-0.05, 0) is 30.7 Å². The molecule has 2 aromatic carbocycles. The van der Waals surface area contributed by atoms with Crippen molar-refractivity contribution in [2.45, 2.75) is 6.92 Å². The Kier molecular flexibility index (Phi) is 6.03. The molecule has 0 fully saturated rings. The first kappa shape index (κ1) is 18.4. The molecule has 0 radical (unpaired) electrons. The molecular weight excluding hydrogens is 346 g/mol. The highest BCUT2D eigenvalue weighted by atomic mass is 35.5. The van der Waals surface area contributed by atoms with Gasteiger partial charge in [-0.3, -0.25) is 14.9 Å². The van der Waals surface area contributed by atoms with Crippen molar-refractivity contribution in [1.82, 2.24) is 0 Å². The fourth-order valence-corrected chi connectivity index (χ4v) is 2.22. The van der Waals surface area contributed by atoms with Gasteiger partial charge in [0.25, 0.3) is 5.69 Å². The number of carbonyl (C=O) groups is 2. The molecule has 2 aromatic rings. The van der Waals surface area contributed by atoms with Crippen molar-refractivity contribution in [3.63, 3.8) is 0 Å². The van der Waals surface area contributed by atoms with Crippen LogP contribution >= 0.6 is 11.6 Å². The molecule has 7 heteroatoms. The number of nitrogens with zero attached hydrogens (tertiary/aromatic N) is 1. The summed E-state index contributed by atoms with van der Waals surface area (Å²) in [4.78, 5) is 34.0. The van der Waals surface area contributed by atoms with Gasteiger partial charge < -0.3 is 4.74 Å². The minimum atomic E-state index is -0.699. The quantitative estimate of drug-likeness (QED) is 0.256. The number of carbonyl (C=O) groups excluding carboxylic acids is 2. The molecule has 0 heterocycles. The number of halogens is 1. The van der Waals surface area contributed by atoms with Crippen LogP contribution in [0.25, 0.3) is 6.08 Å². The molecule has 0 atom stereocenters. The Bertz CT molecular complexity index is 860. The lowest BCUT2D eigenvalue weighted by Crippen LogP contribution is -2.13. The average Bonchev–Trinajstić information content (AvgIpc) is 2.58. The van der Waals surface area contributed by atoms with E-state index in [1.54, 1.807) is 31.2 Å². The maximum atomic E-state index is 12.0. The van der Waals surface area contributed by atoms with E-state index in [0.29, 0.717) is 16.1 Å². The summed E-state index contributed by atoms with van der Waals surface area (Å²) >= 11 is 5.83. The third kappa shape index (κ3) is 5.26. The molecular formula is C18H14ClNO5. The van der Waals surface area contributed by atoms with Crippen molar-refractivity contribution in [3.8, 4) is 0 Å². The van der Waals surface area contributed by atoms with Crippen LogP contribution in [0.4, 0.5) is 5.69 Å². The monoisotopic (exact) mass is 359 g/mol. The van der Waals surface area contributed by atoms with Gasteiger partial charge in [-0.1, -0.05) is 35.9 Å². The minimum absolute atomic E-state index is 0.115. The predicted octanol–water partition coefficient (Wildman–Crippen LogP) is 4.00. The van der Waals surface area contributed by atoms with Crippen molar-refractivity contribution in [2.75, 3.05) is 6.61 Å². The van der Waals surface area contributed by atoms with E-state index >= 15 is 0 Å². The van der Waals surface area contributed by atoms with E-state index in [0.717, 1.165) is 0 Å². The lowest BCUT2D eigenvalue weighted by atomic mass is 10.1. The van der Waals surface area contributed by atoms with Crippen LogP contribution in [0.15, 0.2) is 48.5 Å². The van der Waals surface area contributed by atoms with E-state index in [1.807, 2.05) is 0 Å². The lowest BCUT2D eigenvalue weighted by Gasteiger charge is -2.03. The zero-order valence-corrected chi connectivity index (χ0v) is 14.0. The molecule has 0 saturated carbocycles. The summed E-state index contributed by atoms with van der Waals surface area (Å²) in [5, 5.41) is 11.4. The fraction of sp³-hybridized carbons (Fsp3) is 0.111. The number of hydrogen-bond acceptors (Lipinski definition) is 5. The van der Waals surface area contributed by atoms with Gasteiger partial charge in [-0.25, -0.2) is 4.79 Å². The molecule has 0 aromatic heterocycles. The molecule has 0 N–H and O–H groups in total. The van der Waals surface area contributed by atoms with Crippen molar-refractivity contribution >= 4 is 35.1 Å². The van der Waals surface area contributed by atoms with Crippen molar-refractivity contribution in [3.05, 3.63) is 80.4 Å². The number of esters is 1. The standard InChI is InChI=1S/C18H14ClNO5/c1-12-5-7-14(10-16(12)20(23)24)17(21)11-25-18(22)8-6-13-3-2-4-15(19)9-13/h2-10H,11H2,1H3/b8-6+. The van der Waals surface area contributed by atoms with Crippen LogP contribution in [0.3, 0.4) is 0 Å². The van der Waals surface area contributed by atoms with Gasteiger partial charge in [0.2, 0.25) is 5.78 Å². The third-order valence-corrected chi connectivity index (χ3v) is 3.57. The van der Waals surface area contributed by atoms with Gasteiger partial charge in [0, 0.05) is 28.3 Å². The molecule has 0 saturated heterocycles. The topological polar surface area (TPSA) is 86.5 Å². The highest BCUT2D eigenvalue weighted by molar-refractivity contribution is 6.30. The minimum Gasteiger partial charge on any atom is -0.454 e. The lowest BCUT2D eigenvalue weighted by molar-refractivity contribution is -0.385. The molecule has 25 heavy (non-hydrogen) atoms. The van der Waals surface area contributed by atoms with Crippen LogP contribution in [-0.4, -0.2) is 23.3 Å². The molecule has 0 aliphatic carbocycles. The molecule has 2 rings (SSSR count). The van der Waals surface area contributed by atoms with Crippen LogP contribution in [0.2, 0.25) is 5.02 Å². The Morgan fingerprint density at radius 3 is 2.68 bits per heavy atom. The molecule has 0 spiro atoms. The number of benzene rings is 2. The highest BCUT2D eigenvalue weighted by Crippen LogP contribution is 2.19. The first-order chi connectivity index (χ1) is 11.9. The molecule has 128 valence electrons. The van der Waals surface area contributed by atoms with Crippen LogP contribution in [0.1, 0.15) is 21.5 Å². The number of ether oxygens (including phenoxy) is 1. The van der Waals surface area contributed by atoms with Gasteiger partial charge in [0.15, 0.2) is 6.61 Å². The van der Waals surface area contributed by atoms with E-state index in [9.17, 15) is 19.7 Å². The molecule has 0 aliphatic heterocycles. The first-order valence-electron chi connectivity index (χ1n) is 7.25. The second-order valence-electron chi connectivity index (χ2n) is 5.18. The van der Waals surface area contributed by atoms with E-state index in [1.165, 1.54) is 30.4 Å². The molecule has 0 amide bonds. The van der Waals surface area contributed by atoms with Crippen molar-refractivity contribution in [1.29, 1.82) is 0 Å². The zero-order valence-electron chi connectivity index (χ0n) is 13.3. The summed E-state index contributed by atoms with van der Waals surface area (Å²) in [7, 11) is 0. The van der Waals surface area contributed by atoms with Crippen LogP contribution in [0.5, 0.6) is 0 Å². The smallest absolute Gasteiger partial charge is 0.331 e. The van der Waals surface area contributed by atoms with Gasteiger partial charge in [-0.15, -0.1) is 0 Å². The van der Waals surface area contributed by atoms with Crippen LogP contribution < -0.4 is 0 Å². The molecule has 6 nitrogen and oxygen atoms in total. The van der Waals surface area contributed by atoms with Crippen molar-refractivity contribution < 1.29 is 19.2 Å². The van der Waals surface area contributed by atoms with E-state index in [-0.39, 0.29) is 11.3 Å². The van der Waals surface area contributed by atoms with Crippen LogP contribution in [-0.2, 0) is 9.53 Å². The largest absolute Gasteiger partial charge is 0.454 e. The van der Waals surface area contributed by atoms with E-state index in [2.05, 4.69) is 0 Å². The number of nitro benzene ring substituents is 1. The fourth-order valence-electron chi connectivity index (χ4n) is 2.02. The predicted molar refractivity (Wildman–Crippen MR) is 93.6 cm³/mol. The second kappa shape index (κ2) is 8.21. The maximum absolute atomic E-state index is 12.0. The van der Waals surface area contributed by atoms with E-state index < -0.39 is 23.3 Å². The summed E-state index contributed by atoms with van der Waals surface area (Å²) < 4.78 is 4.86. The Morgan fingerprint density at radius 2 is 2.00 bits per heavy atom. The summed E-state index contributed by atoms with van der Waals surface area (Å²) in [5.74, 6) is -1.22. The Hall–Kier alpha value is -2.99. The molecule has 0 aliphatic rings. The molecule has 0 bridgehead atoms. The highest BCUT2D eigenvalue weighted by Gasteiger charge is 2.15. The number of Topliss-reactive ketones (excluding diaryl/α,β-unsaturated/α-hetero) is 1. The number of aryl methyl sites for hydroxylation is 1. The zero-order chi connectivity index (χ0) is 18.4. The number of hydrogen-bond donors (Lipinski definition) is 0. The summed E-state index contributed by atoms with van der Waals surface area (Å²) in [6.07, 6.45) is 2.69. The Morgan fingerprint density at radius 1 is 1.24 bits per heavy atom. The third-order valence-electron chi connectivity index (χ3n) is 3.33. The Balaban J connectivity index is 1.96. The molecule has 0 unspecified atom stereocenters. The Labute approximate surface area is 148 Å². The van der Waals surface area contributed by atoms with E-state index in [4.69, 9.17) is 16.3 Å². The summed E-state index contributed by atoms with van der Waals surface area (Å²) in [6, 6.07) is 11.0. The number of nitro groups is 1. The summed E-state index contributed by atoms with van der Waals surface area (Å²) in [6.45, 7) is 1.08. The van der Waals surface area contributed by atoms with Crippen LogP contribution in [0, 0.1) is 17.0 Å². The maximum Gasteiger partial charge on any atom is 0.331 e. The number of ketones is 1. The van der Waals surface area contributed by atoms with Gasteiger partial charge in [0.1, 0.15) is 0 Å². The average molecular weight is 360 g/mol. The van der Waals surface area contributed by atoms with Gasteiger partial charge in [0.05, 0.1) is 4.92 Å². The normalized spacial score (nSPS) is 10.6. The number of rotatable bonds is 6. The SMILES string of the molecule is Cc1ccc(C(=O)COC(=O)/C=C/c2cccc(Cl)c2)cc1[N+](=O)[O-]. The second-order valence-corrected chi connectivity index (χ2v) is 5.61. The van der Waals surface area contributed by atoms with Crippen molar-refractivity contribution in [2.24, 2.45) is 0 Å². The first-order valence-corrected chi connectivity index (χ1v) is 7.63. The summed E-state index contributed by atoms with van der Waals surface area (Å²) in [5.41, 5.74) is 1.12. The van der Waals surface area contributed by atoms with Gasteiger partial charge in [-0.2, -0.15) is 0 Å². The van der Waals surface area contributed by atoms with Gasteiger partial charge >= 0.3 is 5.97 Å².